The molecule has 1 saturated heterocycles. The molecule has 1 aliphatic heterocycles. The van der Waals surface area contributed by atoms with E-state index in [0.29, 0.717) is 11.0 Å². The molecule has 2 aromatic carbocycles. The lowest BCUT2D eigenvalue weighted by molar-refractivity contribution is -0.121. The van der Waals surface area contributed by atoms with Gasteiger partial charge in [-0.3, -0.25) is 9.69 Å². The zero-order chi connectivity index (χ0) is 17.8. The van der Waals surface area contributed by atoms with Gasteiger partial charge in [0.25, 0.3) is 0 Å². The number of hydrogen-bond acceptors (Lipinski definition) is 2. The molecule has 1 heterocycles. The molecule has 1 N–H and O–H groups in total. The van der Waals surface area contributed by atoms with Crippen LogP contribution < -0.4 is 5.32 Å². The first-order valence-corrected chi connectivity index (χ1v) is 9.41. The van der Waals surface area contributed by atoms with Crippen LogP contribution in [0.15, 0.2) is 46.9 Å². The Hall–Kier alpha value is -1.43. The van der Waals surface area contributed by atoms with Gasteiger partial charge in [-0.25, -0.2) is 4.39 Å². The Morgan fingerprint density at radius 3 is 2.88 bits per heavy atom. The van der Waals surface area contributed by atoms with Gasteiger partial charge in [-0.1, -0.05) is 45.7 Å². The molecule has 3 rings (SSSR count). The van der Waals surface area contributed by atoms with E-state index in [1.54, 1.807) is 12.1 Å². The fourth-order valence-electron chi connectivity index (χ4n) is 3.11. The summed E-state index contributed by atoms with van der Waals surface area (Å²) in [5.41, 5.74) is 1.28. The number of rotatable bonds is 4. The number of likely N-dealkylation sites (tertiary alicyclic amines) is 1. The van der Waals surface area contributed by atoms with Crippen molar-refractivity contribution in [2.45, 2.75) is 19.4 Å². The summed E-state index contributed by atoms with van der Waals surface area (Å²) in [7, 11) is 0. The quantitative estimate of drug-likeness (QED) is 0.740. The van der Waals surface area contributed by atoms with Gasteiger partial charge in [0.1, 0.15) is 5.82 Å². The first-order valence-electron chi connectivity index (χ1n) is 8.24. The third kappa shape index (κ3) is 4.81. The van der Waals surface area contributed by atoms with Crippen LogP contribution in [-0.2, 0) is 11.3 Å². The van der Waals surface area contributed by atoms with Crippen LogP contribution in [0, 0.1) is 11.7 Å². The predicted molar refractivity (Wildman–Crippen MR) is 102 cm³/mol. The third-order valence-electron chi connectivity index (χ3n) is 4.42. The predicted octanol–water partition coefficient (Wildman–Crippen LogP) is 5.09. The molecule has 3 nitrogen and oxygen atoms in total. The summed E-state index contributed by atoms with van der Waals surface area (Å²) in [5, 5.41) is 3.46. The fourth-order valence-corrected chi connectivity index (χ4v) is 3.63. The van der Waals surface area contributed by atoms with Crippen LogP contribution in [0.5, 0.6) is 0 Å². The Labute approximate surface area is 160 Å². The molecule has 2 aromatic rings. The molecule has 0 aromatic heterocycles. The van der Waals surface area contributed by atoms with E-state index in [-0.39, 0.29) is 17.5 Å². The smallest absolute Gasteiger partial charge is 0.228 e. The van der Waals surface area contributed by atoms with Crippen molar-refractivity contribution in [1.29, 1.82) is 0 Å². The number of piperidine rings is 1. The molecular formula is C19H19BrClFN2O. The van der Waals surface area contributed by atoms with Gasteiger partial charge in [-0.05, 0) is 49.2 Å². The molecule has 0 spiro atoms. The Morgan fingerprint density at radius 1 is 1.32 bits per heavy atom. The minimum absolute atomic E-state index is 0.134. The monoisotopic (exact) mass is 424 g/mol. The van der Waals surface area contributed by atoms with Crippen LogP contribution in [0.4, 0.5) is 10.1 Å². The number of nitrogens with one attached hydrogen (secondary N) is 1. The van der Waals surface area contributed by atoms with E-state index in [9.17, 15) is 9.18 Å². The lowest BCUT2D eigenvalue weighted by Crippen LogP contribution is -2.40. The summed E-state index contributed by atoms with van der Waals surface area (Å²) in [6.07, 6.45) is 1.74. The highest BCUT2D eigenvalue weighted by molar-refractivity contribution is 9.10. The van der Waals surface area contributed by atoms with Gasteiger partial charge in [0, 0.05) is 22.6 Å². The van der Waals surface area contributed by atoms with E-state index in [0.717, 1.165) is 36.5 Å². The number of hydrogen-bond donors (Lipinski definition) is 1. The maximum atomic E-state index is 13.9. The van der Waals surface area contributed by atoms with Crippen LogP contribution in [0.2, 0.25) is 5.02 Å². The molecule has 0 unspecified atom stereocenters. The second kappa shape index (κ2) is 8.30. The molecule has 0 saturated carbocycles. The van der Waals surface area contributed by atoms with Gasteiger partial charge in [0.05, 0.1) is 11.6 Å². The van der Waals surface area contributed by atoms with Crippen molar-refractivity contribution in [2.75, 3.05) is 18.4 Å². The first kappa shape index (κ1) is 18.4. The zero-order valence-corrected chi connectivity index (χ0v) is 16.0. The van der Waals surface area contributed by atoms with Crippen molar-refractivity contribution in [3.05, 3.63) is 63.3 Å². The maximum absolute atomic E-state index is 13.9. The first-order chi connectivity index (χ1) is 12.0. The van der Waals surface area contributed by atoms with Crippen molar-refractivity contribution in [1.82, 2.24) is 4.90 Å². The number of carbonyl (C=O) groups excluding carboxylic acids is 1. The molecule has 25 heavy (non-hydrogen) atoms. The molecule has 0 bridgehead atoms. The summed E-state index contributed by atoms with van der Waals surface area (Å²) in [6.45, 7) is 2.30. The lowest BCUT2D eigenvalue weighted by atomic mass is 9.96. The van der Waals surface area contributed by atoms with Gasteiger partial charge < -0.3 is 5.32 Å². The highest BCUT2D eigenvalue weighted by Gasteiger charge is 2.26. The average molecular weight is 426 g/mol. The zero-order valence-electron chi connectivity index (χ0n) is 13.6. The van der Waals surface area contributed by atoms with E-state index in [4.69, 9.17) is 11.6 Å². The van der Waals surface area contributed by atoms with Crippen LogP contribution in [0.1, 0.15) is 18.4 Å². The van der Waals surface area contributed by atoms with Crippen molar-refractivity contribution >= 4 is 39.1 Å². The van der Waals surface area contributed by atoms with Gasteiger partial charge >= 0.3 is 0 Å². The summed E-state index contributed by atoms with van der Waals surface area (Å²) in [6, 6.07) is 12.4. The standard InChI is InChI=1S/C19H19BrClFN2O/c20-15-7-8-18(17(22)10-15)23-19(25)14-5-3-9-24(12-14)11-13-4-1-2-6-16(13)21/h1-2,4,6-8,10,14H,3,5,9,11-12H2,(H,23,25)/t14-/m1/s1. The average Bonchev–Trinajstić information content (AvgIpc) is 2.60. The minimum atomic E-state index is -0.438. The number of amides is 1. The summed E-state index contributed by atoms with van der Waals surface area (Å²) in [5.74, 6) is -0.726. The SMILES string of the molecule is O=C(Nc1ccc(Br)cc1F)[C@@H]1CCCN(Cc2ccccc2Cl)C1. The van der Waals surface area contributed by atoms with Crippen LogP contribution in [0.3, 0.4) is 0 Å². The fraction of sp³-hybridized carbons (Fsp3) is 0.316. The van der Waals surface area contributed by atoms with Crippen molar-refractivity contribution in [3.8, 4) is 0 Å². The Balaban J connectivity index is 1.62. The normalized spacial score (nSPS) is 18.1. The van der Waals surface area contributed by atoms with Crippen LogP contribution >= 0.6 is 27.5 Å². The van der Waals surface area contributed by atoms with Crippen molar-refractivity contribution in [3.63, 3.8) is 0 Å². The highest BCUT2D eigenvalue weighted by Crippen LogP contribution is 2.24. The maximum Gasteiger partial charge on any atom is 0.228 e. The summed E-state index contributed by atoms with van der Waals surface area (Å²) >= 11 is 9.44. The molecule has 0 aliphatic carbocycles. The Morgan fingerprint density at radius 2 is 2.12 bits per heavy atom. The molecule has 1 atom stereocenters. The molecule has 1 fully saturated rings. The summed E-state index contributed by atoms with van der Waals surface area (Å²) < 4.78 is 14.6. The Bertz CT molecular complexity index is 771. The second-order valence-corrected chi connectivity index (χ2v) is 7.60. The number of benzene rings is 2. The van der Waals surface area contributed by atoms with E-state index in [1.807, 2.05) is 24.3 Å². The van der Waals surface area contributed by atoms with Gasteiger partial charge in [-0.15, -0.1) is 0 Å². The minimum Gasteiger partial charge on any atom is -0.323 e. The number of carbonyl (C=O) groups is 1. The topological polar surface area (TPSA) is 32.3 Å². The molecule has 6 heteroatoms. The van der Waals surface area contributed by atoms with E-state index in [1.165, 1.54) is 6.07 Å². The van der Waals surface area contributed by atoms with Crippen LogP contribution in [-0.4, -0.2) is 23.9 Å². The molecule has 0 radical (unpaired) electrons. The summed E-state index contributed by atoms with van der Waals surface area (Å²) in [4.78, 5) is 14.8. The lowest BCUT2D eigenvalue weighted by Gasteiger charge is -2.32. The molecule has 1 amide bonds. The third-order valence-corrected chi connectivity index (χ3v) is 5.28. The largest absolute Gasteiger partial charge is 0.323 e. The van der Waals surface area contributed by atoms with E-state index in [2.05, 4.69) is 26.1 Å². The van der Waals surface area contributed by atoms with Crippen LogP contribution in [0.25, 0.3) is 0 Å². The number of halogens is 3. The second-order valence-electron chi connectivity index (χ2n) is 6.28. The molecular weight excluding hydrogens is 407 g/mol. The van der Waals surface area contributed by atoms with Crippen molar-refractivity contribution in [2.24, 2.45) is 5.92 Å². The molecule has 1 aliphatic rings. The number of nitrogens with zero attached hydrogens (tertiary/aromatic N) is 1. The van der Waals surface area contributed by atoms with Gasteiger partial charge in [0.2, 0.25) is 5.91 Å². The van der Waals surface area contributed by atoms with Gasteiger partial charge in [0.15, 0.2) is 0 Å². The van der Waals surface area contributed by atoms with E-state index >= 15 is 0 Å². The van der Waals surface area contributed by atoms with E-state index < -0.39 is 5.82 Å². The van der Waals surface area contributed by atoms with Gasteiger partial charge in [-0.2, -0.15) is 0 Å². The molecule has 132 valence electrons. The Kier molecular flexibility index (Phi) is 6.10. The van der Waals surface area contributed by atoms with Crippen molar-refractivity contribution < 1.29 is 9.18 Å². The number of anilines is 1. The highest BCUT2D eigenvalue weighted by atomic mass is 79.9.